The summed E-state index contributed by atoms with van der Waals surface area (Å²) in [7, 11) is 1.65. The smallest absolute Gasteiger partial charge is 0.246 e. The van der Waals surface area contributed by atoms with Crippen molar-refractivity contribution in [3.63, 3.8) is 0 Å². The van der Waals surface area contributed by atoms with Gasteiger partial charge in [-0.25, -0.2) is 0 Å². The molecule has 1 N–H and O–H groups in total. The predicted molar refractivity (Wildman–Crippen MR) is 143 cm³/mol. The van der Waals surface area contributed by atoms with Crippen molar-refractivity contribution in [3.8, 4) is 5.75 Å². The molecule has 2 saturated heterocycles. The van der Waals surface area contributed by atoms with Crippen molar-refractivity contribution >= 4 is 11.8 Å². The van der Waals surface area contributed by atoms with Crippen LogP contribution < -0.4 is 10.1 Å². The Kier molecular flexibility index (Phi) is 8.68. The lowest BCUT2D eigenvalue weighted by Crippen LogP contribution is -2.72. The van der Waals surface area contributed by atoms with Crippen molar-refractivity contribution in [3.05, 3.63) is 65.7 Å². The lowest BCUT2D eigenvalue weighted by Gasteiger charge is -2.52. The molecule has 0 unspecified atom stereocenters. The van der Waals surface area contributed by atoms with Crippen molar-refractivity contribution in [1.29, 1.82) is 0 Å². The lowest BCUT2D eigenvalue weighted by molar-refractivity contribution is -0.162. The number of nitrogens with zero attached hydrogens (tertiary/aromatic N) is 2. The van der Waals surface area contributed by atoms with E-state index in [9.17, 15) is 9.59 Å². The minimum atomic E-state index is -0.773. The van der Waals surface area contributed by atoms with Crippen LogP contribution in [-0.2, 0) is 22.6 Å². The first-order valence-electron chi connectivity index (χ1n) is 13.4. The van der Waals surface area contributed by atoms with E-state index >= 15 is 0 Å². The zero-order valence-corrected chi connectivity index (χ0v) is 22.0. The van der Waals surface area contributed by atoms with Gasteiger partial charge < -0.3 is 19.9 Å². The van der Waals surface area contributed by atoms with Crippen LogP contribution in [0.2, 0.25) is 0 Å². The molecule has 0 saturated carbocycles. The van der Waals surface area contributed by atoms with Gasteiger partial charge in [0.15, 0.2) is 0 Å². The number of nitrogens with one attached hydrogen (secondary N) is 1. The number of methoxy groups -OCH3 is 1. The number of rotatable bonds is 10. The molecule has 2 fully saturated rings. The van der Waals surface area contributed by atoms with E-state index in [-0.39, 0.29) is 11.8 Å². The second-order valence-electron chi connectivity index (χ2n) is 10.7. The third-order valence-corrected chi connectivity index (χ3v) is 7.73. The summed E-state index contributed by atoms with van der Waals surface area (Å²) in [6.45, 7) is 7.33. The highest BCUT2D eigenvalue weighted by molar-refractivity contribution is 6.00. The monoisotopic (exact) mass is 491 g/mol. The Labute approximate surface area is 216 Å². The summed E-state index contributed by atoms with van der Waals surface area (Å²) < 4.78 is 5.29. The van der Waals surface area contributed by atoms with Crippen molar-refractivity contribution in [2.24, 2.45) is 5.92 Å². The molecule has 0 bridgehead atoms. The molecule has 2 aromatic carbocycles. The van der Waals surface area contributed by atoms with E-state index in [2.05, 4.69) is 54.4 Å². The molecule has 2 amide bonds. The molecule has 36 heavy (non-hydrogen) atoms. The van der Waals surface area contributed by atoms with Crippen LogP contribution >= 0.6 is 0 Å². The Bertz CT molecular complexity index is 998. The fourth-order valence-electron chi connectivity index (χ4n) is 5.60. The largest absolute Gasteiger partial charge is 0.497 e. The quantitative estimate of drug-likeness (QED) is 0.500. The standard InChI is InChI=1S/C30H41N3O3/c1-23(2)21-27-28(34)33(22-25-12-14-26(36-3)15-13-25)30(29(35)31-27)16-19-32(20-17-30)18-8-7-11-24-9-5-4-6-10-24/h4-6,9-10,12-15,23,27H,7-8,11,16-22H2,1-3H3,(H,31,35)/t27-/m0/s1. The van der Waals surface area contributed by atoms with Gasteiger partial charge in [-0.2, -0.15) is 0 Å². The highest BCUT2D eigenvalue weighted by Gasteiger charge is 2.53. The average Bonchev–Trinajstić information content (AvgIpc) is 2.89. The molecule has 2 heterocycles. The highest BCUT2D eigenvalue weighted by Crippen LogP contribution is 2.35. The predicted octanol–water partition coefficient (Wildman–Crippen LogP) is 4.43. The van der Waals surface area contributed by atoms with Gasteiger partial charge in [0.05, 0.1) is 7.11 Å². The molecule has 2 aliphatic rings. The number of ether oxygens (including phenoxy) is 1. The molecule has 4 rings (SSSR count). The van der Waals surface area contributed by atoms with Crippen LogP contribution in [0.5, 0.6) is 5.75 Å². The summed E-state index contributed by atoms with van der Waals surface area (Å²) >= 11 is 0. The summed E-state index contributed by atoms with van der Waals surface area (Å²) in [5.74, 6) is 1.18. The number of hydrogen-bond donors (Lipinski definition) is 1. The second kappa shape index (κ2) is 11.9. The van der Waals surface area contributed by atoms with Gasteiger partial charge in [0.2, 0.25) is 11.8 Å². The number of piperidine rings is 1. The first-order chi connectivity index (χ1) is 17.4. The normalized spacial score (nSPS) is 20.1. The van der Waals surface area contributed by atoms with Crippen LogP contribution in [0.25, 0.3) is 0 Å². The van der Waals surface area contributed by atoms with Gasteiger partial charge in [0.1, 0.15) is 17.3 Å². The van der Waals surface area contributed by atoms with Crippen LogP contribution in [-0.4, -0.2) is 59.9 Å². The Balaban J connectivity index is 1.41. The summed E-state index contributed by atoms with van der Waals surface area (Å²) in [5, 5.41) is 3.11. The first kappa shape index (κ1) is 26.2. The average molecular weight is 492 g/mol. The summed E-state index contributed by atoms with van der Waals surface area (Å²) in [6, 6.07) is 18.0. The molecule has 1 atom stereocenters. The summed E-state index contributed by atoms with van der Waals surface area (Å²) in [5.41, 5.74) is 1.63. The van der Waals surface area contributed by atoms with Crippen molar-refractivity contribution in [2.75, 3.05) is 26.7 Å². The van der Waals surface area contributed by atoms with E-state index in [1.165, 1.54) is 5.56 Å². The van der Waals surface area contributed by atoms with Gasteiger partial charge in [-0.1, -0.05) is 56.3 Å². The number of likely N-dealkylation sites (tertiary alicyclic amines) is 1. The molecule has 2 aliphatic heterocycles. The molecular formula is C30H41N3O3. The van der Waals surface area contributed by atoms with Crippen molar-refractivity contribution < 1.29 is 14.3 Å². The Morgan fingerprint density at radius 3 is 2.31 bits per heavy atom. The number of piperazine rings is 1. The van der Waals surface area contributed by atoms with E-state index in [1.807, 2.05) is 29.2 Å². The number of aryl methyl sites for hydroxylation is 1. The number of hydrogen-bond acceptors (Lipinski definition) is 4. The minimum absolute atomic E-state index is 0.0185. The maximum Gasteiger partial charge on any atom is 0.246 e. The van der Waals surface area contributed by atoms with Gasteiger partial charge >= 0.3 is 0 Å². The third-order valence-electron chi connectivity index (χ3n) is 7.73. The molecule has 0 aromatic heterocycles. The Morgan fingerprint density at radius 1 is 0.972 bits per heavy atom. The molecule has 0 aliphatic carbocycles. The fraction of sp³-hybridized carbons (Fsp3) is 0.533. The Morgan fingerprint density at radius 2 is 1.67 bits per heavy atom. The fourth-order valence-corrected chi connectivity index (χ4v) is 5.60. The zero-order valence-electron chi connectivity index (χ0n) is 22.0. The van der Waals surface area contributed by atoms with Gasteiger partial charge in [-0.3, -0.25) is 9.59 Å². The zero-order chi connectivity index (χ0) is 25.5. The summed E-state index contributed by atoms with van der Waals surface area (Å²) in [4.78, 5) is 31.7. The topological polar surface area (TPSA) is 61.9 Å². The van der Waals surface area contributed by atoms with E-state index in [4.69, 9.17) is 4.74 Å². The molecule has 6 nitrogen and oxygen atoms in total. The van der Waals surface area contributed by atoms with E-state index in [1.54, 1.807) is 7.11 Å². The molecule has 2 aromatic rings. The maximum atomic E-state index is 13.7. The first-order valence-corrected chi connectivity index (χ1v) is 13.4. The van der Waals surface area contributed by atoms with E-state index in [0.29, 0.717) is 31.7 Å². The number of carbonyl (C=O) groups excluding carboxylic acids is 2. The number of benzene rings is 2. The molecule has 6 heteroatoms. The van der Waals surface area contributed by atoms with E-state index < -0.39 is 11.6 Å². The Hall–Kier alpha value is -2.86. The molecule has 1 spiro atoms. The summed E-state index contributed by atoms with van der Waals surface area (Å²) in [6.07, 6.45) is 5.40. The van der Waals surface area contributed by atoms with Gasteiger partial charge in [0, 0.05) is 19.6 Å². The second-order valence-corrected chi connectivity index (χ2v) is 10.7. The number of amides is 2. The number of unbranched alkanes of at least 4 members (excludes halogenated alkanes) is 1. The van der Waals surface area contributed by atoms with Crippen LogP contribution in [0.4, 0.5) is 0 Å². The molecular weight excluding hydrogens is 450 g/mol. The molecule has 194 valence electrons. The van der Waals surface area contributed by atoms with E-state index in [0.717, 1.165) is 50.2 Å². The minimum Gasteiger partial charge on any atom is -0.497 e. The molecule has 0 radical (unpaired) electrons. The SMILES string of the molecule is COc1ccc(CN2C(=O)[C@H](CC(C)C)NC(=O)C23CCN(CCCCc2ccccc2)CC3)cc1. The third kappa shape index (κ3) is 6.09. The van der Waals surface area contributed by atoms with Gasteiger partial charge in [0.25, 0.3) is 0 Å². The van der Waals surface area contributed by atoms with Crippen molar-refractivity contribution in [1.82, 2.24) is 15.1 Å². The van der Waals surface area contributed by atoms with Gasteiger partial charge in [-0.15, -0.1) is 0 Å². The highest BCUT2D eigenvalue weighted by atomic mass is 16.5. The van der Waals surface area contributed by atoms with Crippen LogP contribution in [0.15, 0.2) is 54.6 Å². The van der Waals surface area contributed by atoms with Crippen molar-refractivity contribution in [2.45, 2.75) is 70.5 Å². The maximum absolute atomic E-state index is 13.7. The van der Waals surface area contributed by atoms with Crippen LogP contribution in [0, 0.1) is 5.92 Å². The lowest BCUT2D eigenvalue weighted by atomic mass is 9.80. The van der Waals surface area contributed by atoms with Crippen LogP contribution in [0.3, 0.4) is 0 Å². The number of carbonyl (C=O) groups is 2. The van der Waals surface area contributed by atoms with Crippen LogP contribution in [0.1, 0.15) is 57.1 Å². The van der Waals surface area contributed by atoms with Gasteiger partial charge in [-0.05, 0) is 74.2 Å².